The molecule has 0 saturated heterocycles. The lowest BCUT2D eigenvalue weighted by Crippen LogP contribution is -2.35. The molecule has 3 aromatic rings. The van der Waals surface area contributed by atoms with Crippen LogP contribution in [0, 0.1) is 5.82 Å². The van der Waals surface area contributed by atoms with Crippen molar-refractivity contribution in [2.75, 3.05) is 6.54 Å². The highest BCUT2D eigenvalue weighted by Crippen LogP contribution is 2.16. The van der Waals surface area contributed by atoms with Crippen LogP contribution in [0.1, 0.15) is 22.8 Å². The number of rotatable bonds is 5. The lowest BCUT2D eigenvalue weighted by atomic mass is 10.0. The molecule has 0 spiro atoms. The summed E-state index contributed by atoms with van der Waals surface area (Å²) < 4.78 is 13.1. The van der Waals surface area contributed by atoms with Gasteiger partial charge in [0.1, 0.15) is 5.82 Å². The summed E-state index contributed by atoms with van der Waals surface area (Å²) in [4.78, 5) is 23.8. The molecule has 6 heteroatoms. The van der Waals surface area contributed by atoms with Gasteiger partial charge in [0.05, 0.1) is 12.3 Å². The molecule has 0 radical (unpaired) electrons. The lowest BCUT2D eigenvalue weighted by molar-refractivity contribution is -0.120. The average molecular weight is 363 g/mol. The second kappa shape index (κ2) is 8.23. The van der Waals surface area contributed by atoms with E-state index in [1.54, 1.807) is 6.92 Å². The van der Waals surface area contributed by atoms with E-state index in [1.807, 2.05) is 42.5 Å². The van der Waals surface area contributed by atoms with E-state index in [-0.39, 0.29) is 12.1 Å². The minimum atomic E-state index is -0.528. The molecule has 0 unspecified atom stereocenters. The number of fused-ring (bicyclic) bond motifs is 1. The number of amides is 2. The van der Waals surface area contributed by atoms with Crippen LogP contribution in [0.3, 0.4) is 0 Å². The zero-order chi connectivity index (χ0) is 19.2. The first-order valence-electron chi connectivity index (χ1n) is 8.39. The van der Waals surface area contributed by atoms with Crippen molar-refractivity contribution in [3.63, 3.8) is 0 Å². The quantitative estimate of drug-likeness (QED) is 0.540. The normalized spacial score (nSPS) is 11.3. The molecule has 3 rings (SSSR count). The molecule has 0 aromatic heterocycles. The van der Waals surface area contributed by atoms with Crippen molar-refractivity contribution in [2.45, 2.75) is 6.92 Å². The number of benzene rings is 3. The molecule has 0 heterocycles. The molecule has 0 saturated carbocycles. The first-order chi connectivity index (χ1) is 13.0. The average Bonchev–Trinajstić information content (AvgIpc) is 2.69. The maximum absolute atomic E-state index is 13.1. The van der Waals surface area contributed by atoms with Crippen LogP contribution < -0.4 is 10.7 Å². The van der Waals surface area contributed by atoms with Gasteiger partial charge in [0, 0.05) is 5.56 Å². The molecule has 136 valence electrons. The molecule has 2 amide bonds. The van der Waals surface area contributed by atoms with Gasteiger partial charge in [-0.15, -0.1) is 0 Å². The number of halogens is 1. The van der Waals surface area contributed by atoms with Crippen molar-refractivity contribution in [3.05, 3.63) is 83.7 Å². The molecule has 0 bridgehead atoms. The third-order valence-electron chi connectivity index (χ3n) is 4.01. The van der Waals surface area contributed by atoms with Crippen LogP contribution in [-0.4, -0.2) is 24.1 Å². The summed E-state index contributed by atoms with van der Waals surface area (Å²) in [7, 11) is 0. The smallest absolute Gasteiger partial charge is 0.259 e. The fourth-order valence-electron chi connectivity index (χ4n) is 2.56. The SMILES string of the molecule is C/C(=N/NC(=O)CNC(=O)c1cccc(F)c1)c1ccc2ccccc2c1. The van der Waals surface area contributed by atoms with E-state index in [1.165, 1.54) is 18.2 Å². The van der Waals surface area contributed by atoms with E-state index in [0.29, 0.717) is 5.71 Å². The van der Waals surface area contributed by atoms with Crippen LogP contribution in [0.15, 0.2) is 71.8 Å². The highest BCUT2D eigenvalue weighted by Gasteiger charge is 2.08. The van der Waals surface area contributed by atoms with Gasteiger partial charge in [0.25, 0.3) is 11.8 Å². The number of nitrogens with zero attached hydrogens (tertiary/aromatic N) is 1. The monoisotopic (exact) mass is 363 g/mol. The zero-order valence-corrected chi connectivity index (χ0v) is 14.7. The first-order valence-corrected chi connectivity index (χ1v) is 8.39. The fourth-order valence-corrected chi connectivity index (χ4v) is 2.56. The Labute approximate surface area is 155 Å². The standard InChI is InChI=1S/C21H18FN3O2/c1-14(16-10-9-15-5-2-3-6-17(15)11-16)24-25-20(26)13-23-21(27)18-7-4-8-19(22)12-18/h2-12H,13H2,1H3,(H,23,27)(H,25,26)/b24-14-. The topological polar surface area (TPSA) is 70.6 Å². The number of nitrogens with one attached hydrogen (secondary N) is 2. The maximum atomic E-state index is 13.1. The van der Waals surface area contributed by atoms with Gasteiger partial charge in [0.2, 0.25) is 0 Å². The summed E-state index contributed by atoms with van der Waals surface area (Å²) in [5, 5.41) is 8.70. The third-order valence-corrected chi connectivity index (χ3v) is 4.01. The Bertz CT molecular complexity index is 1030. The molecule has 0 atom stereocenters. The van der Waals surface area contributed by atoms with Gasteiger partial charge in [-0.2, -0.15) is 5.10 Å². The molecular formula is C21H18FN3O2. The van der Waals surface area contributed by atoms with Gasteiger partial charge in [0.15, 0.2) is 0 Å². The Morgan fingerprint density at radius 2 is 1.70 bits per heavy atom. The van der Waals surface area contributed by atoms with Crippen molar-refractivity contribution < 1.29 is 14.0 Å². The Balaban J connectivity index is 1.57. The second-order valence-corrected chi connectivity index (χ2v) is 5.99. The number of hydrazone groups is 1. The van der Waals surface area contributed by atoms with Crippen LogP contribution in [0.2, 0.25) is 0 Å². The van der Waals surface area contributed by atoms with Gasteiger partial charge >= 0.3 is 0 Å². The van der Waals surface area contributed by atoms with E-state index >= 15 is 0 Å². The maximum Gasteiger partial charge on any atom is 0.259 e. The molecule has 2 N–H and O–H groups in total. The van der Waals surface area contributed by atoms with Gasteiger partial charge in [-0.25, -0.2) is 9.82 Å². The summed E-state index contributed by atoms with van der Waals surface area (Å²) in [6, 6.07) is 19.1. The van der Waals surface area contributed by atoms with Crippen molar-refractivity contribution in [2.24, 2.45) is 5.10 Å². The van der Waals surface area contributed by atoms with Gasteiger partial charge in [-0.05, 0) is 47.5 Å². The highest BCUT2D eigenvalue weighted by molar-refractivity contribution is 6.02. The minimum absolute atomic E-state index is 0.152. The van der Waals surface area contributed by atoms with Gasteiger partial charge in [-0.3, -0.25) is 9.59 Å². The molecule has 3 aromatic carbocycles. The van der Waals surface area contributed by atoms with Crippen LogP contribution in [0.5, 0.6) is 0 Å². The largest absolute Gasteiger partial charge is 0.343 e. The molecule has 0 aliphatic carbocycles. The first kappa shape index (κ1) is 18.3. The highest BCUT2D eigenvalue weighted by atomic mass is 19.1. The van der Waals surface area contributed by atoms with Crippen LogP contribution >= 0.6 is 0 Å². The van der Waals surface area contributed by atoms with Gasteiger partial charge < -0.3 is 5.32 Å². The molecular weight excluding hydrogens is 345 g/mol. The van der Waals surface area contributed by atoms with Gasteiger partial charge in [-0.1, -0.05) is 42.5 Å². The van der Waals surface area contributed by atoms with Crippen molar-refractivity contribution in [1.29, 1.82) is 0 Å². The lowest BCUT2D eigenvalue weighted by Gasteiger charge is -2.06. The fraction of sp³-hybridized carbons (Fsp3) is 0.0952. The Morgan fingerprint density at radius 3 is 2.48 bits per heavy atom. The molecule has 0 aliphatic rings. The molecule has 27 heavy (non-hydrogen) atoms. The van der Waals surface area contributed by atoms with Crippen LogP contribution in [-0.2, 0) is 4.79 Å². The predicted molar refractivity (Wildman–Crippen MR) is 103 cm³/mol. The number of carbonyl (C=O) groups excluding carboxylic acids is 2. The van der Waals surface area contributed by atoms with Crippen molar-refractivity contribution in [3.8, 4) is 0 Å². The van der Waals surface area contributed by atoms with Crippen LogP contribution in [0.4, 0.5) is 4.39 Å². The molecule has 5 nitrogen and oxygen atoms in total. The summed E-state index contributed by atoms with van der Waals surface area (Å²) in [5.74, 6) is -1.51. The summed E-state index contributed by atoms with van der Waals surface area (Å²) >= 11 is 0. The molecule has 0 aliphatic heterocycles. The van der Waals surface area contributed by atoms with E-state index in [0.717, 1.165) is 22.4 Å². The number of hydrogen-bond acceptors (Lipinski definition) is 3. The van der Waals surface area contributed by atoms with E-state index in [9.17, 15) is 14.0 Å². The van der Waals surface area contributed by atoms with E-state index in [4.69, 9.17) is 0 Å². The van der Waals surface area contributed by atoms with Crippen molar-refractivity contribution >= 4 is 28.3 Å². The Hall–Kier alpha value is -3.54. The second-order valence-electron chi connectivity index (χ2n) is 5.99. The Kier molecular flexibility index (Phi) is 5.56. The minimum Gasteiger partial charge on any atom is -0.343 e. The number of carbonyl (C=O) groups is 2. The van der Waals surface area contributed by atoms with Crippen LogP contribution in [0.25, 0.3) is 10.8 Å². The summed E-state index contributed by atoms with van der Waals surface area (Å²) in [6.07, 6.45) is 0. The van der Waals surface area contributed by atoms with E-state index < -0.39 is 17.6 Å². The predicted octanol–water partition coefficient (Wildman–Crippen LogP) is 3.25. The third kappa shape index (κ3) is 4.76. The van der Waals surface area contributed by atoms with Crippen molar-refractivity contribution in [1.82, 2.24) is 10.7 Å². The summed E-state index contributed by atoms with van der Waals surface area (Å²) in [6.45, 7) is 1.53. The van der Waals surface area contributed by atoms with E-state index in [2.05, 4.69) is 15.8 Å². The molecule has 0 fully saturated rings. The summed E-state index contributed by atoms with van der Waals surface area (Å²) in [5.41, 5.74) is 4.09. The Morgan fingerprint density at radius 1 is 0.926 bits per heavy atom. The zero-order valence-electron chi connectivity index (χ0n) is 14.7. The number of hydrogen-bond donors (Lipinski definition) is 2.